The van der Waals surface area contributed by atoms with Gasteiger partial charge in [0.2, 0.25) is 0 Å². The Bertz CT molecular complexity index is 962. The number of aryl methyl sites for hydroxylation is 2. The molecule has 0 saturated heterocycles. The van der Waals surface area contributed by atoms with E-state index in [0.29, 0.717) is 17.8 Å². The Morgan fingerprint density at radius 2 is 1.67 bits per heavy atom. The summed E-state index contributed by atoms with van der Waals surface area (Å²) in [4.78, 5) is 28.5. The van der Waals surface area contributed by atoms with E-state index >= 15 is 0 Å². The third-order valence-corrected chi connectivity index (χ3v) is 4.25. The van der Waals surface area contributed by atoms with Crippen LogP contribution in [0.1, 0.15) is 43.4 Å². The van der Waals surface area contributed by atoms with Crippen molar-refractivity contribution in [2.45, 2.75) is 27.3 Å². The molecule has 3 rings (SSSR count). The number of carbonyl (C=O) groups is 2. The van der Waals surface area contributed by atoms with E-state index in [0.717, 1.165) is 11.3 Å². The highest BCUT2D eigenvalue weighted by Crippen LogP contribution is 2.15. The van der Waals surface area contributed by atoms with Crippen LogP contribution in [0.3, 0.4) is 0 Å². The fraction of sp³-hybridized carbons (Fsp3) is 0.200. The number of hydrogen-bond donors (Lipinski definition) is 2. The Morgan fingerprint density at radius 1 is 0.963 bits per heavy atom. The minimum atomic E-state index is -0.480. The van der Waals surface area contributed by atoms with E-state index in [1.165, 1.54) is 11.8 Å². The van der Waals surface area contributed by atoms with Crippen LogP contribution >= 0.6 is 0 Å². The van der Waals surface area contributed by atoms with E-state index in [4.69, 9.17) is 0 Å². The zero-order valence-electron chi connectivity index (χ0n) is 15.5. The molecule has 7 heteroatoms. The molecule has 0 bridgehead atoms. The van der Waals surface area contributed by atoms with E-state index in [2.05, 4.69) is 20.9 Å². The number of nitrogens with one attached hydrogen (secondary N) is 2. The molecule has 2 N–H and O–H groups in total. The highest BCUT2D eigenvalue weighted by atomic mass is 16.2. The van der Waals surface area contributed by atoms with Gasteiger partial charge >= 0.3 is 0 Å². The summed E-state index contributed by atoms with van der Waals surface area (Å²) >= 11 is 0. The van der Waals surface area contributed by atoms with Crippen molar-refractivity contribution in [3.8, 4) is 0 Å². The normalized spacial score (nSPS) is 10.5. The van der Waals surface area contributed by atoms with E-state index in [1.807, 2.05) is 38.1 Å². The second-order valence-corrected chi connectivity index (χ2v) is 6.31. The average molecular weight is 363 g/mol. The van der Waals surface area contributed by atoms with Crippen molar-refractivity contribution in [2.75, 3.05) is 0 Å². The molecule has 0 fully saturated rings. The lowest BCUT2D eigenvalue weighted by Gasteiger charge is -2.08. The first kappa shape index (κ1) is 18.3. The van der Waals surface area contributed by atoms with Gasteiger partial charge in [-0.15, -0.1) is 0 Å². The van der Waals surface area contributed by atoms with Gasteiger partial charge in [-0.05, 0) is 38.5 Å². The van der Waals surface area contributed by atoms with Crippen LogP contribution in [-0.4, -0.2) is 26.6 Å². The Labute approximate surface area is 157 Å². The van der Waals surface area contributed by atoms with Gasteiger partial charge in [0, 0.05) is 11.9 Å². The van der Waals surface area contributed by atoms with Crippen LogP contribution in [0.25, 0.3) is 0 Å². The number of amides is 2. The van der Waals surface area contributed by atoms with Crippen molar-refractivity contribution in [3.63, 3.8) is 0 Å². The van der Waals surface area contributed by atoms with Gasteiger partial charge in [-0.25, -0.2) is 0 Å². The van der Waals surface area contributed by atoms with Crippen LogP contribution in [0, 0.1) is 20.8 Å². The molecule has 0 aliphatic rings. The summed E-state index contributed by atoms with van der Waals surface area (Å²) in [6, 6.07) is 13.1. The van der Waals surface area contributed by atoms with Gasteiger partial charge in [-0.1, -0.05) is 35.9 Å². The Balaban J connectivity index is 1.70. The average Bonchev–Trinajstić information content (AvgIpc) is 2.95. The van der Waals surface area contributed by atoms with Gasteiger partial charge in [0.1, 0.15) is 5.69 Å². The summed E-state index contributed by atoms with van der Waals surface area (Å²) in [5, 5.41) is 4.47. The fourth-order valence-corrected chi connectivity index (χ4v) is 2.78. The zero-order chi connectivity index (χ0) is 19.4. The van der Waals surface area contributed by atoms with Crippen LogP contribution in [0.4, 0.5) is 0 Å². The lowest BCUT2D eigenvalue weighted by Crippen LogP contribution is -2.42. The van der Waals surface area contributed by atoms with Gasteiger partial charge in [-0.2, -0.15) is 5.10 Å². The van der Waals surface area contributed by atoms with Gasteiger partial charge in [0.05, 0.1) is 17.8 Å². The smallest absolute Gasteiger partial charge is 0.267 e. The quantitative estimate of drug-likeness (QED) is 0.696. The number of carbonyl (C=O) groups excluding carboxylic acids is 2. The van der Waals surface area contributed by atoms with E-state index in [-0.39, 0.29) is 5.69 Å². The predicted octanol–water partition coefficient (Wildman–Crippen LogP) is 2.33. The molecule has 0 atom stereocenters. The molecule has 2 aromatic heterocycles. The molecule has 0 radical (unpaired) electrons. The predicted molar refractivity (Wildman–Crippen MR) is 101 cm³/mol. The van der Waals surface area contributed by atoms with Gasteiger partial charge in [0.25, 0.3) is 11.8 Å². The molecule has 2 heterocycles. The molecule has 0 aliphatic carbocycles. The minimum Gasteiger partial charge on any atom is -0.267 e. The highest BCUT2D eigenvalue weighted by Gasteiger charge is 2.19. The van der Waals surface area contributed by atoms with Crippen molar-refractivity contribution in [2.24, 2.45) is 0 Å². The van der Waals surface area contributed by atoms with Crippen molar-refractivity contribution in [1.82, 2.24) is 25.6 Å². The maximum absolute atomic E-state index is 12.5. The van der Waals surface area contributed by atoms with Crippen molar-refractivity contribution < 1.29 is 9.59 Å². The highest BCUT2D eigenvalue weighted by molar-refractivity contribution is 5.99. The third kappa shape index (κ3) is 4.20. The number of pyridine rings is 1. The molecule has 0 saturated carbocycles. The summed E-state index contributed by atoms with van der Waals surface area (Å²) in [5.41, 5.74) is 9.11. The van der Waals surface area contributed by atoms with Crippen LogP contribution in [-0.2, 0) is 6.54 Å². The van der Waals surface area contributed by atoms with Gasteiger partial charge < -0.3 is 0 Å². The Morgan fingerprint density at radius 3 is 2.33 bits per heavy atom. The van der Waals surface area contributed by atoms with Crippen LogP contribution < -0.4 is 10.9 Å². The molecule has 1 aromatic carbocycles. The summed E-state index contributed by atoms with van der Waals surface area (Å²) in [7, 11) is 0. The largest absolute Gasteiger partial charge is 0.288 e. The summed E-state index contributed by atoms with van der Waals surface area (Å²) < 4.78 is 1.79. The molecule has 3 aromatic rings. The lowest BCUT2D eigenvalue weighted by molar-refractivity contribution is 0.0843. The Hall–Kier alpha value is -3.48. The molecule has 27 heavy (non-hydrogen) atoms. The second-order valence-electron chi connectivity index (χ2n) is 6.31. The number of hydrogen-bond acceptors (Lipinski definition) is 4. The van der Waals surface area contributed by atoms with Crippen LogP contribution in [0.2, 0.25) is 0 Å². The number of rotatable bonds is 4. The van der Waals surface area contributed by atoms with E-state index in [9.17, 15) is 9.59 Å². The number of benzene rings is 1. The zero-order valence-corrected chi connectivity index (χ0v) is 15.5. The number of nitrogens with zero attached hydrogens (tertiary/aromatic N) is 3. The standard InChI is InChI=1S/C20H21N5O2/c1-13-7-9-16(10-8-13)12-25-15(3)18(14(2)24-25)20(27)23-22-19(26)17-6-4-5-11-21-17/h4-11H,12H2,1-3H3,(H,22,26)(H,23,27). The second kappa shape index (κ2) is 7.82. The third-order valence-electron chi connectivity index (χ3n) is 4.25. The maximum Gasteiger partial charge on any atom is 0.288 e. The first-order chi connectivity index (χ1) is 13.0. The molecule has 138 valence electrons. The maximum atomic E-state index is 12.5. The summed E-state index contributed by atoms with van der Waals surface area (Å²) in [6.45, 7) is 6.22. The molecule has 7 nitrogen and oxygen atoms in total. The van der Waals surface area contributed by atoms with Crippen LogP contribution in [0.5, 0.6) is 0 Å². The lowest BCUT2D eigenvalue weighted by atomic mass is 10.1. The first-order valence-electron chi connectivity index (χ1n) is 8.57. The molecule has 0 aliphatic heterocycles. The van der Waals surface area contributed by atoms with E-state index < -0.39 is 11.8 Å². The SMILES string of the molecule is Cc1ccc(Cn2nc(C)c(C(=O)NNC(=O)c3ccccn3)c2C)cc1. The molecule has 0 spiro atoms. The number of hydrazine groups is 1. The minimum absolute atomic E-state index is 0.223. The van der Waals surface area contributed by atoms with Crippen LogP contribution in [0.15, 0.2) is 48.7 Å². The molecule has 2 amide bonds. The molecular formula is C20H21N5O2. The van der Waals surface area contributed by atoms with Crippen molar-refractivity contribution in [3.05, 3.63) is 82.4 Å². The summed E-state index contributed by atoms with van der Waals surface area (Å²) in [6.07, 6.45) is 1.51. The van der Waals surface area contributed by atoms with E-state index in [1.54, 1.807) is 29.8 Å². The van der Waals surface area contributed by atoms with Crippen molar-refractivity contribution in [1.29, 1.82) is 0 Å². The fourth-order valence-electron chi connectivity index (χ4n) is 2.78. The molecule has 0 unspecified atom stereocenters. The summed E-state index contributed by atoms with van der Waals surface area (Å²) in [5.74, 6) is -0.893. The monoisotopic (exact) mass is 363 g/mol. The van der Waals surface area contributed by atoms with Gasteiger partial charge in [-0.3, -0.25) is 30.1 Å². The molecular weight excluding hydrogens is 342 g/mol. The number of aromatic nitrogens is 3. The first-order valence-corrected chi connectivity index (χ1v) is 8.57. The van der Waals surface area contributed by atoms with Crippen molar-refractivity contribution >= 4 is 11.8 Å². The Kier molecular flexibility index (Phi) is 5.30. The van der Waals surface area contributed by atoms with Gasteiger partial charge in [0.15, 0.2) is 0 Å². The topological polar surface area (TPSA) is 88.9 Å².